The Kier molecular flexibility index (Phi) is 3.91. The van der Waals surface area contributed by atoms with Crippen LogP contribution in [0.4, 0.5) is 0 Å². The minimum Gasteiger partial charge on any atom is -0.467 e. The highest BCUT2D eigenvalue weighted by Gasteiger charge is 2.36. The summed E-state index contributed by atoms with van der Waals surface area (Å²) in [6.07, 6.45) is 7.34. The maximum absolute atomic E-state index is 12.5. The lowest BCUT2D eigenvalue weighted by Crippen LogP contribution is -2.34. The highest BCUT2D eigenvalue weighted by Crippen LogP contribution is 2.34. The van der Waals surface area contributed by atoms with E-state index in [0.717, 1.165) is 24.2 Å². The number of hydrogen-bond donors (Lipinski definition) is 0. The van der Waals surface area contributed by atoms with E-state index in [1.54, 1.807) is 12.3 Å². The van der Waals surface area contributed by atoms with Gasteiger partial charge < -0.3 is 9.32 Å². The van der Waals surface area contributed by atoms with Crippen molar-refractivity contribution in [2.75, 3.05) is 0 Å². The van der Waals surface area contributed by atoms with E-state index in [1.807, 2.05) is 60.4 Å². The summed E-state index contributed by atoms with van der Waals surface area (Å²) in [5.41, 5.74) is 1.03. The Hall–Kier alpha value is -2.29. The van der Waals surface area contributed by atoms with Gasteiger partial charge in [-0.1, -0.05) is 30.3 Å². The van der Waals surface area contributed by atoms with E-state index in [-0.39, 0.29) is 11.9 Å². The molecular formula is C18H19NO2. The van der Waals surface area contributed by atoms with E-state index in [2.05, 4.69) is 0 Å². The molecule has 0 radical (unpaired) electrons. The third-order valence-corrected chi connectivity index (χ3v) is 3.78. The topological polar surface area (TPSA) is 33.5 Å². The van der Waals surface area contributed by atoms with Gasteiger partial charge in [0, 0.05) is 12.1 Å². The maximum Gasteiger partial charge on any atom is 0.247 e. The Morgan fingerprint density at radius 1 is 1.24 bits per heavy atom. The quantitative estimate of drug-likeness (QED) is 0.775. The van der Waals surface area contributed by atoms with Crippen LogP contribution in [-0.2, 0) is 4.79 Å². The number of rotatable bonds is 5. The summed E-state index contributed by atoms with van der Waals surface area (Å²) in [6.45, 7) is 2.02. The van der Waals surface area contributed by atoms with E-state index in [1.165, 1.54) is 0 Å². The number of carbonyl (C=O) groups excluding carboxylic acids is 1. The molecule has 0 aliphatic heterocycles. The minimum absolute atomic E-state index is 0.0274. The highest BCUT2D eigenvalue weighted by molar-refractivity contribution is 5.92. The molecule has 1 atom stereocenters. The largest absolute Gasteiger partial charge is 0.467 e. The van der Waals surface area contributed by atoms with Gasteiger partial charge in [-0.3, -0.25) is 4.79 Å². The highest BCUT2D eigenvalue weighted by atomic mass is 16.3. The molecule has 1 heterocycles. The molecule has 1 aromatic heterocycles. The second kappa shape index (κ2) is 6.00. The summed E-state index contributed by atoms with van der Waals surface area (Å²) in [4.78, 5) is 14.5. The van der Waals surface area contributed by atoms with Gasteiger partial charge in [-0.2, -0.15) is 0 Å². The Labute approximate surface area is 124 Å². The average molecular weight is 281 g/mol. The molecule has 1 fully saturated rings. The van der Waals surface area contributed by atoms with E-state index in [0.29, 0.717) is 6.04 Å². The molecule has 1 saturated carbocycles. The number of carbonyl (C=O) groups is 1. The van der Waals surface area contributed by atoms with Gasteiger partial charge in [0.1, 0.15) is 5.76 Å². The van der Waals surface area contributed by atoms with Crippen LogP contribution in [0.15, 0.2) is 59.2 Å². The van der Waals surface area contributed by atoms with E-state index in [9.17, 15) is 4.79 Å². The molecule has 3 rings (SSSR count). The van der Waals surface area contributed by atoms with Gasteiger partial charge in [0.15, 0.2) is 0 Å². The summed E-state index contributed by atoms with van der Waals surface area (Å²) < 4.78 is 5.45. The zero-order valence-corrected chi connectivity index (χ0v) is 12.1. The number of hydrogen-bond acceptors (Lipinski definition) is 2. The van der Waals surface area contributed by atoms with Crippen LogP contribution in [0.1, 0.15) is 37.1 Å². The zero-order chi connectivity index (χ0) is 14.7. The first-order valence-corrected chi connectivity index (χ1v) is 7.34. The fraction of sp³-hybridized carbons (Fsp3) is 0.278. The van der Waals surface area contributed by atoms with Crippen LogP contribution in [-0.4, -0.2) is 16.8 Å². The van der Waals surface area contributed by atoms with E-state index >= 15 is 0 Å². The molecule has 0 saturated heterocycles. The van der Waals surface area contributed by atoms with Crippen molar-refractivity contribution < 1.29 is 9.21 Å². The molecule has 2 aromatic rings. The van der Waals surface area contributed by atoms with Crippen LogP contribution in [0.25, 0.3) is 6.08 Å². The summed E-state index contributed by atoms with van der Waals surface area (Å²) in [5, 5.41) is 0. The van der Waals surface area contributed by atoms with Gasteiger partial charge in [0.05, 0.1) is 12.3 Å². The molecule has 0 bridgehead atoms. The lowest BCUT2D eigenvalue weighted by molar-refractivity contribution is -0.129. The molecule has 1 unspecified atom stereocenters. The first-order chi connectivity index (χ1) is 10.3. The fourth-order valence-corrected chi connectivity index (χ4v) is 2.52. The summed E-state index contributed by atoms with van der Waals surface area (Å²) >= 11 is 0. The predicted molar refractivity (Wildman–Crippen MR) is 82.5 cm³/mol. The minimum atomic E-state index is -0.0274. The molecule has 0 N–H and O–H groups in total. The van der Waals surface area contributed by atoms with Crippen LogP contribution in [0.2, 0.25) is 0 Å². The fourth-order valence-electron chi connectivity index (χ4n) is 2.52. The molecule has 1 aliphatic rings. The van der Waals surface area contributed by atoms with Gasteiger partial charge in [-0.15, -0.1) is 0 Å². The third kappa shape index (κ3) is 3.24. The van der Waals surface area contributed by atoms with Crippen LogP contribution in [0, 0.1) is 0 Å². The number of benzene rings is 1. The van der Waals surface area contributed by atoms with Gasteiger partial charge in [0.2, 0.25) is 5.91 Å². The normalized spacial score (nSPS) is 16.0. The Morgan fingerprint density at radius 2 is 2.00 bits per heavy atom. The van der Waals surface area contributed by atoms with E-state index in [4.69, 9.17) is 4.42 Å². The Balaban J connectivity index is 1.75. The van der Waals surface area contributed by atoms with Gasteiger partial charge >= 0.3 is 0 Å². The smallest absolute Gasteiger partial charge is 0.247 e. The first kappa shape index (κ1) is 13.7. The predicted octanol–water partition coefficient (Wildman–Crippen LogP) is 4.05. The first-order valence-electron chi connectivity index (χ1n) is 7.34. The molecule has 21 heavy (non-hydrogen) atoms. The lowest BCUT2D eigenvalue weighted by atomic mass is 10.2. The maximum atomic E-state index is 12.5. The Morgan fingerprint density at radius 3 is 2.62 bits per heavy atom. The monoisotopic (exact) mass is 281 g/mol. The molecule has 108 valence electrons. The third-order valence-electron chi connectivity index (χ3n) is 3.78. The van der Waals surface area contributed by atoms with Crippen LogP contribution in [0.3, 0.4) is 0 Å². The van der Waals surface area contributed by atoms with Crippen LogP contribution < -0.4 is 0 Å². The van der Waals surface area contributed by atoms with Crippen molar-refractivity contribution in [3.63, 3.8) is 0 Å². The average Bonchev–Trinajstić information content (AvgIpc) is 3.18. The van der Waals surface area contributed by atoms with Crippen molar-refractivity contribution >= 4 is 12.0 Å². The van der Waals surface area contributed by atoms with Crippen LogP contribution >= 0.6 is 0 Å². The second-order valence-corrected chi connectivity index (χ2v) is 5.41. The van der Waals surface area contributed by atoms with Crippen molar-refractivity contribution in [1.29, 1.82) is 0 Å². The SMILES string of the molecule is CC(c1ccco1)N(C(=O)C=Cc1ccccc1)C1CC1. The number of amides is 1. The second-order valence-electron chi connectivity index (χ2n) is 5.41. The molecule has 3 heteroatoms. The molecule has 1 aliphatic carbocycles. The molecule has 1 amide bonds. The van der Waals surface area contributed by atoms with Gasteiger partial charge in [-0.05, 0) is 43.5 Å². The van der Waals surface area contributed by atoms with Gasteiger partial charge in [-0.25, -0.2) is 0 Å². The summed E-state index contributed by atoms with van der Waals surface area (Å²) in [7, 11) is 0. The molecule has 0 spiro atoms. The summed E-state index contributed by atoms with van der Waals surface area (Å²) in [5.74, 6) is 0.883. The Bertz CT molecular complexity index is 612. The molecule has 1 aromatic carbocycles. The van der Waals surface area contributed by atoms with Crippen molar-refractivity contribution in [1.82, 2.24) is 4.90 Å². The van der Waals surface area contributed by atoms with Crippen molar-refractivity contribution in [2.24, 2.45) is 0 Å². The van der Waals surface area contributed by atoms with Crippen molar-refractivity contribution in [2.45, 2.75) is 31.8 Å². The van der Waals surface area contributed by atoms with Crippen LogP contribution in [0.5, 0.6) is 0 Å². The lowest BCUT2D eigenvalue weighted by Gasteiger charge is -2.26. The number of nitrogens with zero attached hydrogens (tertiary/aromatic N) is 1. The zero-order valence-electron chi connectivity index (χ0n) is 12.1. The molecule has 3 nitrogen and oxygen atoms in total. The van der Waals surface area contributed by atoms with Crippen molar-refractivity contribution in [3.05, 3.63) is 66.1 Å². The van der Waals surface area contributed by atoms with Crippen molar-refractivity contribution in [3.8, 4) is 0 Å². The van der Waals surface area contributed by atoms with E-state index < -0.39 is 0 Å². The molecular weight excluding hydrogens is 262 g/mol. The van der Waals surface area contributed by atoms with Gasteiger partial charge in [0.25, 0.3) is 0 Å². The summed E-state index contributed by atoms with van der Waals surface area (Å²) in [6, 6.07) is 14.0. The standard InChI is InChI=1S/C18H19NO2/c1-14(17-8-5-13-21-17)19(16-10-11-16)18(20)12-9-15-6-3-2-4-7-15/h2-9,12-14,16H,10-11H2,1H3. The number of furan rings is 1.